The van der Waals surface area contributed by atoms with Gasteiger partial charge < -0.3 is 15.7 Å². The lowest BCUT2D eigenvalue weighted by Gasteiger charge is -2.14. The molecule has 0 aromatic heterocycles. The summed E-state index contributed by atoms with van der Waals surface area (Å²) in [6.07, 6.45) is 0.552. The van der Waals surface area contributed by atoms with Crippen LogP contribution in [0.1, 0.15) is 13.3 Å². The molecular formula is C18H20N2O3S. The Labute approximate surface area is 145 Å². The van der Waals surface area contributed by atoms with E-state index < -0.39 is 17.9 Å². The molecule has 2 aromatic carbocycles. The van der Waals surface area contributed by atoms with E-state index in [-0.39, 0.29) is 6.61 Å². The summed E-state index contributed by atoms with van der Waals surface area (Å²) in [6.45, 7) is 1.63. The number of anilines is 1. The number of aliphatic hydroxyl groups excluding tert-OH is 1. The summed E-state index contributed by atoms with van der Waals surface area (Å²) in [6, 6.07) is 16.7. The summed E-state index contributed by atoms with van der Waals surface area (Å²) in [5.74, 6) is -1.50. The smallest absolute Gasteiger partial charge is 0.313 e. The largest absolute Gasteiger partial charge is 0.394 e. The Kier molecular flexibility index (Phi) is 6.84. The molecule has 0 aliphatic carbocycles. The second-order valence-electron chi connectivity index (χ2n) is 5.13. The zero-order valence-electron chi connectivity index (χ0n) is 13.4. The minimum Gasteiger partial charge on any atom is -0.394 e. The van der Waals surface area contributed by atoms with Crippen LogP contribution in [0.25, 0.3) is 0 Å². The van der Waals surface area contributed by atoms with Crippen LogP contribution in [0.4, 0.5) is 5.69 Å². The molecule has 1 atom stereocenters. The number of nitrogens with one attached hydrogen (secondary N) is 2. The van der Waals surface area contributed by atoms with Gasteiger partial charge in [-0.05, 0) is 30.7 Å². The van der Waals surface area contributed by atoms with Crippen molar-refractivity contribution >= 4 is 29.3 Å². The molecule has 0 bridgehead atoms. The molecule has 2 amide bonds. The molecule has 126 valence electrons. The Morgan fingerprint density at radius 3 is 2.38 bits per heavy atom. The molecule has 0 saturated heterocycles. The van der Waals surface area contributed by atoms with E-state index >= 15 is 0 Å². The number of hydrogen-bond acceptors (Lipinski definition) is 4. The van der Waals surface area contributed by atoms with Gasteiger partial charge in [0.25, 0.3) is 0 Å². The van der Waals surface area contributed by atoms with Crippen molar-refractivity contribution in [2.24, 2.45) is 0 Å². The van der Waals surface area contributed by atoms with Gasteiger partial charge in [0.1, 0.15) is 0 Å². The number of rotatable bonds is 6. The number of carbonyl (C=O) groups is 2. The van der Waals surface area contributed by atoms with Gasteiger partial charge in [0, 0.05) is 9.79 Å². The van der Waals surface area contributed by atoms with Crippen molar-refractivity contribution < 1.29 is 14.7 Å². The fourth-order valence-corrected chi connectivity index (χ4v) is 2.90. The fraction of sp³-hybridized carbons (Fsp3) is 0.222. The van der Waals surface area contributed by atoms with Gasteiger partial charge in [0.15, 0.2) is 0 Å². The molecule has 2 rings (SSSR count). The van der Waals surface area contributed by atoms with Gasteiger partial charge in [0.05, 0.1) is 18.3 Å². The highest BCUT2D eigenvalue weighted by atomic mass is 32.2. The van der Waals surface area contributed by atoms with Crippen molar-refractivity contribution in [1.82, 2.24) is 5.32 Å². The second kappa shape index (κ2) is 9.10. The molecule has 24 heavy (non-hydrogen) atoms. The number of hydrogen-bond donors (Lipinski definition) is 3. The predicted molar refractivity (Wildman–Crippen MR) is 94.9 cm³/mol. The summed E-state index contributed by atoms with van der Waals surface area (Å²) in [7, 11) is 0. The maximum Gasteiger partial charge on any atom is 0.313 e. The minimum atomic E-state index is -0.754. The minimum absolute atomic E-state index is 0.198. The quantitative estimate of drug-likeness (QED) is 0.704. The van der Waals surface area contributed by atoms with Gasteiger partial charge in [-0.3, -0.25) is 9.59 Å². The van der Waals surface area contributed by atoms with Crippen LogP contribution in [0.5, 0.6) is 0 Å². The molecular weight excluding hydrogens is 324 g/mol. The van der Waals surface area contributed by atoms with Gasteiger partial charge in [-0.25, -0.2) is 0 Å². The fourth-order valence-electron chi connectivity index (χ4n) is 1.98. The van der Waals surface area contributed by atoms with Crippen molar-refractivity contribution in [2.75, 3.05) is 11.9 Å². The van der Waals surface area contributed by atoms with Crippen LogP contribution in [-0.2, 0) is 9.59 Å². The Morgan fingerprint density at radius 2 is 1.71 bits per heavy atom. The van der Waals surface area contributed by atoms with Crippen LogP contribution in [0, 0.1) is 0 Å². The Morgan fingerprint density at radius 1 is 1.04 bits per heavy atom. The Hall–Kier alpha value is -2.31. The molecule has 0 aliphatic rings. The third-order valence-electron chi connectivity index (χ3n) is 3.36. The van der Waals surface area contributed by atoms with Crippen LogP contribution in [0.3, 0.4) is 0 Å². The second-order valence-corrected chi connectivity index (χ2v) is 6.24. The topological polar surface area (TPSA) is 78.4 Å². The molecule has 3 N–H and O–H groups in total. The van der Waals surface area contributed by atoms with Gasteiger partial charge in [0.2, 0.25) is 0 Å². The first kappa shape index (κ1) is 18.0. The average Bonchev–Trinajstić information content (AvgIpc) is 2.62. The number of amides is 2. The van der Waals surface area contributed by atoms with E-state index in [1.807, 2.05) is 49.4 Å². The van der Waals surface area contributed by atoms with Crippen molar-refractivity contribution in [3.05, 3.63) is 54.6 Å². The van der Waals surface area contributed by atoms with E-state index in [2.05, 4.69) is 10.6 Å². The summed E-state index contributed by atoms with van der Waals surface area (Å²) in [5.41, 5.74) is 0.573. The van der Waals surface area contributed by atoms with Crippen molar-refractivity contribution in [2.45, 2.75) is 29.2 Å². The SMILES string of the molecule is CCC(CO)NC(=O)C(=O)Nc1ccccc1Sc1ccccc1. The first-order valence-corrected chi connectivity index (χ1v) is 8.50. The van der Waals surface area contributed by atoms with E-state index in [1.54, 1.807) is 12.1 Å². The highest BCUT2D eigenvalue weighted by Gasteiger charge is 2.18. The maximum atomic E-state index is 12.1. The normalized spacial score (nSPS) is 11.6. The lowest BCUT2D eigenvalue weighted by molar-refractivity contribution is -0.136. The van der Waals surface area contributed by atoms with Crippen molar-refractivity contribution in [1.29, 1.82) is 0 Å². The van der Waals surface area contributed by atoms with Crippen molar-refractivity contribution in [3.8, 4) is 0 Å². The predicted octanol–water partition coefficient (Wildman–Crippen LogP) is 2.66. The number of aliphatic hydroxyl groups is 1. The summed E-state index contributed by atoms with van der Waals surface area (Å²) >= 11 is 1.50. The summed E-state index contributed by atoms with van der Waals surface area (Å²) in [5, 5.41) is 14.2. The third kappa shape index (κ3) is 5.11. The molecule has 0 saturated carbocycles. The molecule has 2 aromatic rings. The van der Waals surface area contributed by atoms with Crippen LogP contribution in [0.15, 0.2) is 64.4 Å². The molecule has 0 fully saturated rings. The van der Waals surface area contributed by atoms with Gasteiger partial charge in [-0.15, -0.1) is 0 Å². The van der Waals surface area contributed by atoms with E-state index in [1.165, 1.54) is 11.8 Å². The average molecular weight is 344 g/mol. The molecule has 0 spiro atoms. The standard InChI is InChI=1S/C18H20N2O3S/c1-2-13(12-21)19-17(22)18(23)20-15-10-6-7-11-16(15)24-14-8-4-3-5-9-14/h3-11,13,21H,2,12H2,1H3,(H,19,22)(H,20,23). The van der Waals surface area contributed by atoms with Crippen LogP contribution in [-0.4, -0.2) is 29.6 Å². The molecule has 5 nitrogen and oxygen atoms in total. The number of para-hydroxylation sites is 1. The first-order valence-electron chi connectivity index (χ1n) is 7.68. The molecule has 0 aliphatic heterocycles. The van der Waals surface area contributed by atoms with Gasteiger partial charge >= 0.3 is 11.8 Å². The Bertz CT molecular complexity index is 688. The van der Waals surface area contributed by atoms with Gasteiger partial charge in [-0.1, -0.05) is 49.0 Å². The van der Waals surface area contributed by atoms with E-state index in [9.17, 15) is 9.59 Å². The molecule has 0 radical (unpaired) electrons. The summed E-state index contributed by atoms with van der Waals surface area (Å²) < 4.78 is 0. The van der Waals surface area contributed by atoms with E-state index in [0.29, 0.717) is 12.1 Å². The zero-order chi connectivity index (χ0) is 17.4. The van der Waals surface area contributed by atoms with Crippen molar-refractivity contribution in [3.63, 3.8) is 0 Å². The van der Waals surface area contributed by atoms with E-state index in [0.717, 1.165) is 9.79 Å². The van der Waals surface area contributed by atoms with Crippen LogP contribution >= 0.6 is 11.8 Å². The molecule has 0 heterocycles. The van der Waals surface area contributed by atoms with Gasteiger partial charge in [-0.2, -0.15) is 0 Å². The third-order valence-corrected chi connectivity index (χ3v) is 4.44. The van der Waals surface area contributed by atoms with E-state index in [4.69, 9.17) is 5.11 Å². The Balaban J connectivity index is 2.07. The van der Waals surface area contributed by atoms with Crippen LogP contribution < -0.4 is 10.6 Å². The highest BCUT2D eigenvalue weighted by molar-refractivity contribution is 7.99. The lowest BCUT2D eigenvalue weighted by atomic mass is 10.2. The summed E-state index contributed by atoms with van der Waals surface area (Å²) in [4.78, 5) is 25.9. The maximum absolute atomic E-state index is 12.1. The first-order chi connectivity index (χ1) is 11.6. The van der Waals surface area contributed by atoms with Crippen LogP contribution in [0.2, 0.25) is 0 Å². The highest BCUT2D eigenvalue weighted by Crippen LogP contribution is 2.33. The lowest BCUT2D eigenvalue weighted by Crippen LogP contribution is -2.43. The zero-order valence-corrected chi connectivity index (χ0v) is 14.2. The number of carbonyl (C=O) groups excluding carboxylic acids is 2. The monoisotopic (exact) mass is 344 g/mol. The molecule has 1 unspecified atom stereocenters. The number of benzene rings is 2. The molecule has 6 heteroatoms.